The van der Waals surface area contributed by atoms with Crippen LogP contribution in [0.4, 0.5) is 0 Å². The smallest absolute Gasteiger partial charge is 0.310 e. The standard InChI is InChI=1S/C49H84NO10.Mo/c1-6-10-14-15-16-20-24-41(59-46(53)28-22-21-23-39(36-57-44(51)26-18-12-8-3)37-58-45(52)27-19-13-9-4)31-34-56-47(54)35-40-29-30-43(42(40)25-17-11-7-2)60-48(55)49(5)32-33-50-38-49;/h11,17,39-43H,6-10,12-16,18-38H2,1-5H3;/q-1;/b17-11-;. The van der Waals surface area contributed by atoms with Crippen LogP contribution < -0.4 is 0 Å². The second-order valence-electron chi connectivity index (χ2n) is 17.8. The monoisotopic (exact) mass is 945 g/mol. The summed E-state index contributed by atoms with van der Waals surface area (Å²) in [4.78, 5) is 64.1. The summed E-state index contributed by atoms with van der Waals surface area (Å²) in [5, 5.41) is 4.39. The van der Waals surface area contributed by atoms with Gasteiger partial charge in [0.2, 0.25) is 0 Å². The fourth-order valence-corrected chi connectivity index (χ4v) is 8.21. The maximum Gasteiger partial charge on any atom is 0.310 e. The van der Waals surface area contributed by atoms with Gasteiger partial charge in [-0.05, 0) is 70.1 Å². The number of carbonyl (C=O) groups excluding carboxylic acids is 5. The van der Waals surface area contributed by atoms with Crippen LogP contribution in [0.1, 0.15) is 202 Å². The van der Waals surface area contributed by atoms with Crippen molar-refractivity contribution in [3.63, 3.8) is 0 Å². The third-order valence-electron chi connectivity index (χ3n) is 12.2. The zero-order valence-electron chi connectivity index (χ0n) is 38.9. The first kappa shape index (κ1) is 56.8. The maximum absolute atomic E-state index is 13.2. The number of hydrogen-bond acceptors (Lipinski definition) is 10. The van der Waals surface area contributed by atoms with Crippen molar-refractivity contribution in [2.24, 2.45) is 23.2 Å². The Bertz CT molecular complexity index is 1210. The Balaban J connectivity index is 0.0000186. The summed E-state index contributed by atoms with van der Waals surface area (Å²) in [7, 11) is 0. The molecule has 0 spiro atoms. The molecule has 0 amide bonds. The number of unbranched alkanes of at least 4 members (excludes halogenated alkanes) is 10. The number of hydrogen-bond donors (Lipinski definition) is 0. The van der Waals surface area contributed by atoms with Crippen LogP contribution in [0.25, 0.3) is 5.32 Å². The van der Waals surface area contributed by atoms with E-state index in [1.807, 2.05) is 6.92 Å². The molecule has 1 saturated carbocycles. The van der Waals surface area contributed by atoms with Crippen LogP contribution in [0, 0.1) is 23.2 Å². The quantitative estimate of drug-likeness (QED) is 0.0198. The van der Waals surface area contributed by atoms with E-state index in [9.17, 15) is 24.0 Å². The summed E-state index contributed by atoms with van der Waals surface area (Å²) in [6.45, 7) is 12.2. The van der Waals surface area contributed by atoms with Gasteiger partial charge in [0.05, 0.1) is 19.8 Å². The van der Waals surface area contributed by atoms with Gasteiger partial charge in [-0.1, -0.05) is 117 Å². The van der Waals surface area contributed by atoms with Crippen molar-refractivity contribution in [1.29, 1.82) is 0 Å². The molecular weight excluding hydrogens is 858 g/mol. The molecule has 61 heavy (non-hydrogen) atoms. The van der Waals surface area contributed by atoms with Crippen LogP contribution in [0.15, 0.2) is 12.2 Å². The predicted octanol–water partition coefficient (Wildman–Crippen LogP) is 11.5. The number of carbonyl (C=O) groups is 5. The average Bonchev–Trinajstić information content (AvgIpc) is 3.84. The molecule has 352 valence electrons. The fourth-order valence-electron chi connectivity index (χ4n) is 8.21. The molecule has 2 rings (SSSR count). The van der Waals surface area contributed by atoms with Crippen LogP contribution >= 0.6 is 0 Å². The SMILES string of the molecule is CC/C=C\CC1C(CC(=O)OCCC(CCCCCCCC)OC(=O)CCCCC(COC(=O)CCCCC)COC(=O)CCCCC)CCC1OC(=O)C1(C)CC[N-]C1.[Mo]. The van der Waals surface area contributed by atoms with Crippen molar-refractivity contribution in [2.45, 2.75) is 214 Å². The van der Waals surface area contributed by atoms with Gasteiger partial charge in [-0.3, -0.25) is 24.0 Å². The van der Waals surface area contributed by atoms with Crippen LogP contribution in [0.3, 0.4) is 0 Å². The third-order valence-corrected chi connectivity index (χ3v) is 12.2. The van der Waals surface area contributed by atoms with E-state index in [0.29, 0.717) is 58.0 Å². The van der Waals surface area contributed by atoms with Crippen LogP contribution in [-0.4, -0.2) is 75.0 Å². The van der Waals surface area contributed by atoms with Gasteiger partial charge in [0, 0.05) is 70.4 Å². The Kier molecular flexibility index (Phi) is 32.7. The van der Waals surface area contributed by atoms with E-state index in [1.165, 1.54) is 19.3 Å². The van der Waals surface area contributed by atoms with Gasteiger partial charge < -0.3 is 29.0 Å². The first-order valence-electron chi connectivity index (χ1n) is 24.2. The van der Waals surface area contributed by atoms with E-state index in [4.69, 9.17) is 23.7 Å². The molecule has 0 aromatic rings. The number of ether oxygens (including phenoxy) is 5. The summed E-state index contributed by atoms with van der Waals surface area (Å²) in [6, 6.07) is 0. The first-order chi connectivity index (χ1) is 29.0. The summed E-state index contributed by atoms with van der Waals surface area (Å²) in [6.07, 6.45) is 24.4. The summed E-state index contributed by atoms with van der Waals surface area (Å²) in [5.41, 5.74) is -0.560. The fraction of sp³-hybridized carbons (Fsp3) is 0.857. The first-order valence-corrected chi connectivity index (χ1v) is 24.2. The largest absolute Gasteiger partial charge is 0.661 e. The molecule has 11 nitrogen and oxygen atoms in total. The Labute approximate surface area is 384 Å². The number of allylic oxidation sites excluding steroid dienone is 2. The number of esters is 5. The van der Waals surface area contributed by atoms with Gasteiger partial charge >= 0.3 is 29.8 Å². The predicted molar refractivity (Wildman–Crippen MR) is 236 cm³/mol. The van der Waals surface area contributed by atoms with E-state index in [1.54, 1.807) is 0 Å². The second kappa shape index (κ2) is 35.1. The van der Waals surface area contributed by atoms with E-state index >= 15 is 0 Å². The van der Waals surface area contributed by atoms with Gasteiger partial charge in [0.25, 0.3) is 0 Å². The Morgan fingerprint density at radius 2 is 1.26 bits per heavy atom. The minimum Gasteiger partial charge on any atom is -0.661 e. The zero-order valence-corrected chi connectivity index (χ0v) is 40.9. The van der Waals surface area contributed by atoms with Gasteiger partial charge in [0.1, 0.15) is 12.2 Å². The number of nitrogens with zero attached hydrogens (tertiary/aromatic N) is 1. The third kappa shape index (κ3) is 25.6. The molecule has 0 radical (unpaired) electrons. The van der Waals surface area contributed by atoms with Gasteiger partial charge in [0.15, 0.2) is 0 Å². The van der Waals surface area contributed by atoms with E-state index < -0.39 is 5.41 Å². The summed E-state index contributed by atoms with van der Waals surface area (Å²) >= 11 is 0. The molecule has 12 heteroatoms. The topological polar surface area (TPSA) is 146 Å². The minimum absolute atomic E-state index is 0. The normalized spacial score (nSPS) is 20.3. The van der Waals surface area contributed by atoms with Crippen LogP contribution in [-0.2, 0) is 68.7 Å². The molecule has 2 fully saturated rings. The molecule has 0 bridgehead atoms. The van der Waals surface area contributed by atoms with Gasteiger partial charge in [-0.25, -0.2) is 0 Å². The van der Waals surface area contributed by atoms with Gasteiger partial charge in [-0.15, -0.1) is 13.1 Å². The van der Waals surface area contributed by atoms with Crippen molar-refractivity contribution in [1.82, 2.24) is 0 Å². The van der Waals surface area contributed by atoms with Crippen LogP contribution in [0.2, 0.25) is 0 Å². The number of rotatable bonds is 35. The minimum atomic E-state index is -0.560. The van der Waals surface area contributed by atoms with Crippen molar-refractivity contribution in [3.05, 3.63) is 17.5 Å². The molecule has 1 aliphatic carbocycles. The summed E-state index contributed by atoms with van der Waals surface area (Å²) in [5.74, 6) is -1.19. The molecule has 2 aliphatic rings. The molecule has 1 heterocycles. The van der Waals surface area contributed by atoms with Crippen molar-refractivity contribution < 1.29 is 68.7 Å². The summed E-state index contributed by atoms with van der Waals surface area (Å²) < 4.78 is 29.0. The van der Waals surface area contributed by atoms with Crippen molar-refractivity contribution >= 4 is 29.8 Å². The van der Waals surface area contributed by atoms with Crippen LogP contribution in [0.5, 0.6) is 0 Å². The maximum atomic E-state index is 13.2. The van der Waals surface area contributed by atoms with Gasteiger partial charge in [-0.2, -0.15) is 0 Å². The van der Waals surface area contributed by atoms with Crippen molar-refractivity contribution in [3.8, 4) is 0 Å². The molecule has 0 N–H and O–H groups in total. The van der Waals surface area contributed by atoms with E-state index in [2.05, 4.69) is 45.2 Å². The average molecular weight is 943 g/mol. The molecule has 5 atom stereocenters. The molecule has 0 aromatic heterocycles. The Morgan fingerprint density at radius 3 is 1.89 bits per heavy atom. The molecule has 1 saturated heterocycles. The Morgan fingerprint density at radius 1 is 0.672 bits per heavy atom. The Hall–Kier alpha value is -2.26. The van der Waals surface area contributed by atoms with Crippen molar-refractivity contribution in [2.75, 3.05) is 32.9 Å². The molecule has 5 unspecified atom stereocenters. The second-order valence-corrected chi connectivity index (χ2v) is 17.8. The molecular formula is C49H84MoNO10-. The van der Waals surface area contributed by atoms with E-state index in [0.717, 1.165) is 89.9 Å². The zero-order chi connectivity index (χ0) is 43.9. The molecule has 0 aromatic carbocycles. The van der Waals surface area contributed by atoms with E-state index in [-0.39, 0.29) is 114 Å². The molecule has 1 aliphatic heterocycles.